The van der Waals surface area contributed by atoms with Crippen LogP contribution in [-0.4, -0.2) is 49.6 Å². The Labute approximate surface area is 177 Å². The Morgan fingerprint density at radius 1 is 1.16 bits per heavy atom. The third-order valence-corrected chi connectivity index (χ3v) is 5.31. The first kappa shape index (κ1) is 19.4. The molecule has 1 atom stereocenters. The summed E-state index contributed by atoms with van der Waals surface area (Å²) in [5.74, 6) is 0.812. The Hall–Kier alpha value is -3.59. The van der Waals surface area contributed by atoms with Gasteiger partial charge in [-0.1, -0.05) is 12.1 Å². The topological polar surface area (TPSA) is 98.0 Å². The van der Waals surface area contributed by atoms with Crippen molar-refractivity contribution < 1.29 is 14.2 Å². The van der Waals surface area contributed by atoms with E-state index in [1.54, 1.807) is 24.5 Å². The van der Waals surface area contributed by atoms with Crippen molar-refractivity contribution in [3.8, 4) is 17.1 Å². The van der Waals surface area contributed by atoms with E-state index in [2.05, 4.69) is 25.4 Å². The second-order valence-electron chi connectivity index (χ2n) is 7.47. The number of aromatic hydroxyl groups is 1. The highest BCUT2D eigenvalue weighted by molar-refractivity contribution is 5.88. The van der Waals surface area contributed by atoms with Crippen LogP contribution in [0.4, 0.5) is 10.2 Å². The van der Waals surface area contributed by atoms with Gasteiger partial charge in [-0.15, -0.1) is 0 Å². The Morgan fingerprint density at radius 2 is 2.03 bits per heavy atom. The molecule has 0 unspecified atom stereocenters. The van der Waals surface area contributed by atoms with Gasteiger partial charge in [-0.3, -0.25) is 4.98 Å². The van der Waals surface area contributed by atoms with E-state index in [4.69, 9.17) is 4.74 Å². The summed E-state index contributed by atoms with van der Waals surface area (Å²) in [7, 11) is 0. The maximum absolute atomic E-state index is 13.8. The maximum atomic E-state index is 13.8. The monoisotopic (exact) mass is 420 g/mol. The quantitative estimate of drug-likeness (QED) is 0.494. The number of benzene rings is 1. The molecule has 8 nitrogen and oxygen atoms in total. The summed E-state index contributed by atoms with van der Waals surface area (Å²) in [5, 5.41) is 18.2. The van der Waals surface area contributed by atoms with Gasteiger partial charge in [0.05, 0.1) is 30.4 Å². The molecule has 0 amide bonds. The van der Waals surface area contributed by atoms with Gasteiger partial charge in [0.25, 0.3) is 0 Å². The third kappa shape index (κ3) is 4.04. The second kappa shape index (κ2) is 8.27. The Bertz CT molecular complexity index is 1200. The first-order chi connectivity index (χ1) is 15.2. The van der Waals surface area contributed by atoms with E-state index in [0.29, 0.717) is 42.6 Å². The molecule has 0 spiro atoms. The lowest BCUT2D eigenvalue weighted by Crippen LogP contribution is -2.12. The number of nitrogens with zero attached hydrogens (tertiary/aromatic N) is 5. The van der Waals surface area contributed by atoms with Gasteiger partial charge in [0.1, 0.15) is 17.4 Å². The first-order valence-corrected chi connectivity index (χ1v) is 10.1. The van der Waals surface area contributed by atoms with Gasteiger partial charge >= 0.3 is 0 Å². The summed E-state index contributed by atoms with van der Waals surface area (Å²) in [6.45, 7) is 1.90. The van der Waals surface area contributed by atoms with E-state index < -0.39 is 5.82 Å². The van der Waals surface area contributed by atoms with Gasteiger partial charge in [-0.05, 0) is 36.6 Å². The highest BCUT2D eigenvalue weighted by Crippen LogP contribution is 2.29. The molecule has 1 aliphatic heterocycles. The number of rotatable bonds is 6. The second-order valence-corrected chi connectivity index (χ2v) is 7.47. The predicted octanol–water partition coefficient (Wildman–Crippen LogP) is 3.35. The van der Waals surface area contributed by atoms with E-state index >= 15 is 0 Å². The number of nitrogens with one attached hydrogen (secondary N) is 1. The molecule has 0 bridgehead atoms. The van der Waals surface area contributed by atoms with Gasteiger partial charge in [0.15, 0.2) is 11.5 Å². The summed E-state index contributed by atoms with van der Waals surface area (Å²) in [6.07, 6.45) is 6.06. The van der Waals surface area contributed by atoms with Gasteiger partial charge in [-0.2, -0.15) is 5.10 Å². The van der Waals surface area contributed by atoms with Crippen LogP contribution in [0.15, 0.2) is 48.9 Å². The molecule has 0 aliphatic carbocycles. The average Bonchev–Trinajstić information content (AvgIpc) is 3.44. The summed E-state index contributed by atoms with van der Waals surface area (Å²) >= 11 is 0. The van der Waals surface area contributed by atoms with Crippen molar-refractivity contribution >= 4 is 16.9 Å². The molecule has 1 saturated heterocycles. The molecule has 0 radical (unpaired) electrons. The third-order valence-electron chi connectivity index (χ3n) is 5.31. The zero-order valence-electron chi connectivity index (χ0n) is 16.7. The molecule has 5 rings (SSSR count). The van der Waals surface area contributed by atoms with Gasteiger partial charge < -0.3 is 15.2 Å². The van der Waals surface area contributed by atoms with Crippen LogP contribution in [-0.2, 0) is 11.2 Å². The number of ether oxygens (including phenoxy) is 1. The molecule has 4 heterocycles. The van der Waals surface area contributed by atoms with Crippen LogP contribution in [0.5, 0.6) is 5.75 Å². The van der Waals surface area contributed by atoms with Crippen molar-refractivity contribution in [2.45, 2.75) is 18.9 Å². The zero-order chi connectivity index (χ0) is 21.2. The predicted molar refractivity (Wildman–Crippen MR) is 113 cm³/mol. The van der Waals surface area contributed by atoms with Crippen LogP contribution >= 0.6 is 0 Å². The summed E-state index contributed by atoms with van der Waals surface area (Å²) in [4.78, 5) is 13.3. The van der Waals surface area contributed by atoms with Crippen molar-refractivity contribution in [1.29, 1.82) is 0 Å². The van der Waals surface area contributed by atoms with E-state index in [1.807, 2.05) is 16.8 Å². The van der Waals surface area contributed by atoms with Crippen molar-refractivity contribution in [3.63, 3.8) is 0 Å². The van der Waals surface area contributed by atoms with Crippen LogP contribution in [0.2, 0.25) is 0 Å². The molecule has 1 aromatic carbocycles. The van der Waals surface area contributed by atoms with Gasteiger partial charge in [0, 0.05) is 24.9 Å². The van der Waals surface area contributed by atoms with Gasteiger partial charge in [-0.25, -0.2) is 19.0 Å². The summed E-state index contributed by atoms with van der Waals surface area (Å²) in [6, 6.07) is 8.58. The lowest BCUT2D eigenvalue weighted by atomic mass is 10.1. The normalized spacial score (nSPS) is 16.1. The van der Waals surface area contributed by atoms with E-state index in [0.717, 1.165) is 30.0 Å². The van der Waals surface area contributed by atoms with E-state index in [-0.39, 0.29) is 11.8 Å². The molecule has 1 fully saturated rings. The minimum atomic E-state index is -0.444. The zero-order valence-corrected chi connectivity index (χ0v) is 16.7. The Morgan fingerprint density at radius 3 is 2.81 bits per heavy atom. The first-order valence-electron chi connectivity index (χ1n) is 10.1. The number of anilines is 1. The molecular formula is C22H21FN6O2. The smallest absolute Gasteiger partial charge is 0.165 e. The van der Waals surface area contributed by atoms with Crippen LogP contribution < -0.4 is 5.32 Å². The van der Waals surface area contributed by atoms with Crippen LogP contribution in [0.25, 0.3) is 22.4 Å². The number of halogens is 1. The average molecular weight is 420 g/mol. The fraction of sp³-hybridized carbons (Fsp3) is 0.273. The molecule has 158 valence electrons. The molecule has 31 heavy (non-hydrogen) atoms. The number of aromatic nitrogens is 5. The van der Waals surface area contributed by atoms with Crippen molar-refractivity contribution in [2.24, 2.45) is 0 Å². The number of hydrogen-bond donors (Lipinski definition) is 2. The number of phenolic OH excluding ortho intramolecular Hbond substituents is 1. The molecular weight excluding hydrogens is 399 g/mol. The summed E-state index contributed by atoms with van der Waals surface area (Å²) < 4.78 is 21.1. The standard InChI is InChI=1S/C22H21FN6O2/c23-16-9-15(10-24-11-16)20-27-21(25-7-5-14-1-3-18(30)4-2-14)19-12-26-29(22(19)28-20)17-6-8-31-13-17/h1-4,9-12,17,30H,5-8,13H2,(H,25,27,28)/t17-/m1/s1. The summed E-state index contributed by atoms with van der Waals surface area (Å²) in [5.41, 5.74) is 2.26. The highest BCUT2D eigenvalue weighted by atomic mass is 19.1. The Kier molecular flexibility index (Phi) is 5.17. The number of fused-ring (bicyclic) bond motifs is 1. The minimum Gasteiger partial charge on any atom is -0.508 e. The van der Waals surface area contributed by atoms with E-state index in [9.17, 15) is 9.50 Å². The molecule has 0 saturated carbocycles. The lowest BCUT2D eigenvalue weighted by molar-refractivity contribution is 0.185. The number of hydrogen-bond acceptors (Lipinski definition) is 7. The van der Waals surface area contributed by atoms with Crippen LogP contribution in [0, 0.1) is 5.82 Å². The van der Waals surface area contributed by atoms with Crippen LogP contribution in [0.3, 0.4) is 0 Å². The molecule has 9 heteroatoms. The minimum absolute atomic E-state index is 0.107. The fourth-order valence-corrected chi connectivity index (χ4v) is 3.69. The number of pyridine rings is 1. The molecule has 3 aromatic heterocycles. The Balaban J connectivity index is 1.49. The SMILES string of the molecule is Oc1ccc(CCNc2nc(-c3cncc(F)c3)nc3c2cnn3[C@@H]2CCOC2)cc1. The molecule has 2 N–H and O–H groups in total. The fourth-order valence-electron chi connectivity index (χ4n) is 3.69. The lowest BCUT2D eigenvalue weighted by Gasteiger charge is -2.12. The molecule has 4 aromatic rings. The van der Waals surface area contributed by atoms with Gasteiger partial charge in [0.2, 0.25) is 0 Å². The highest BCUT2D eigenvalue weighted by Gasteiger charge is 2.23. The number of phenols is 1. The maximum Gasteiger partial charge on any atom is 0.165 e. The van der Waals surface area contributed by atoms with E-state index in [1.165, 1.54) is 6.07 Å². The van der Waals surface area contributed by atoms with Crippen LogP contribution in [0.1, 0.15) is 18.0 Å². The molecule has 1 aliphatic rings. The van der Waals surface area contributed by atoms with Crippen molar-refractivity contribution in [3.05, 3.63) is 60.3 Å². The largest absolute Gasteiger partial charge is 0.508 e. The van der Waals surface area contributed by atoms with Crippen molar-refractivity contribution in [1.82, 2.24) is 24.7 Å². The van der Waals surface area contributed by atoms with Crippen molar-refractivity contribution in [2.75, 3.05) is 25.1 Å².